The second-order valence-electron chi connectivity index (χ2n) is 7.19. The molecule has 25 heavy (non-hydrogen) atoms. The summed E-state index contributed by atoms with van der Waals surface area (Å²) in [6, 6.07) is 3.56. The average molecular weight is 391 g/mol. The summed E-state index contributed by atoms with van der Waals surface area (Å²) in [5.74, 6) is -0.192. The molecule has 2 heterocycles. The molecule has 1 aromatic rings. The van der Waals surface area contributed by atoms with Crippen molar-refractivity contribution in [3.8, 4) is 0 Å². The highest BCUT2D eigenvalue weighted by Gasteiger charge is 2.48. The molecule has 0 aromatic heterocycles. The molecule has 0 saturated carbocycles. The highest BCUT2D eigenvalue weighted by molar-refractivity contribution is 7.89. The summed E-state index contributed by atoms with van der Waals surface area (Å²) < 4.78 is 45.9. The molecule has 1 aromatic carbocycles. The van der Waals surface area contributed by atoms with Gasteiger partial charge >= 0.3 is 0 Å². The molecule has 8 heteroatoms. The van der Waals surface area contributed by atoms with E-state index in [2.05, 4.69) is 11.9 Å². The smallest absolute Gasteiger partial charge is 0.243 e. The van der Waals surface area contributed by atoms with E-state index < -0.39 is 15.8 Å². The normalized spacial score (nSPS) is 24.9. The molecule has 2 aliphatic heterocycles. The number of rotatable bonds is 4. The number of piperidine rings is 1. The van der Waals surface area contributed by atoms with Crippen LogP contribution in [0.5, 0.6) is 0 Å². The minimum Gasteiger partial charge on any atom is -0.384 e. The second-order valence-corrected chi connectivity index (χ2v) is 9.54. The van der Waals surface area contributed by atoms with Crippen molar-refractivity contribution in [1.82, 2.24) is 9.21 Å². The van der Waals surface area contributed by atoms with Crippen LogP contribution >= 0.6 is 11.6 Å². The molecular formula is C17H24ClFN2O3S. The Balaban J connectivity index is 1.76. The summed E-state index contributed by atoms with van der Waals surface area (Å²) >= 11 is 5.75. The van der Waals surface area contributed by atoms with Crippen molar-refractivity contribution >= 4 is 21.6 Å². The Kier molecular flexibility index (Phi) is 5.42. The van der Waals surface area contributed by atoms with E-state index in [1.807, 2.05) is 0 Å². The van der Waals surface area contributed by atoms with Gasteiger partial charge in [-0.1, -0.05) is 11.6 Å². The van der Waals surface area contributed by atoms with Crippen LogP contribution in [0.3, 0.4) is 0 Å². The number of benzene rings is 1. The maximum Gasteiger partial charge on any atom is 0.243 e. The van der Waals surface area contributed by atoms with Crippen LogP contribution in [0.2, 0.25) is 5.02 Å². The van der Waals surface area contributed by atoms with E-state index in [0.29, 0.717) is 25.6 Å². The van der Waals surface area contributed by atoms with Crippen LogP contribution < -0.4 is 0 Å². The van der Waals surface area contributed by atoms with Crippen molar-refractivity contribution in [2.45, 2.75) is 17.7 Å². The van der Waals surface area contributed by atoms with Gasteiger partial charge < -0.3 is 9.64 Å². The van der Waals surface area contributed by atoms with Gasteiger partial charge in [-0.25, -0.2) is 12.8 Å². The van der Waals surface area contributed by atoms with E-state index in [4.69, 9.17) is 16.3 Å². The minimum absolute atomic E-state index is 0.0480. The summed E-state index contributed by atoms with van der Waals surface area (Å²) in [5, 5.41) is -0.174. The molecule has 3 rings (SSSR count). The van der Waals surface area contributed by atoms with E-state index in [9.17, 15) is 12.8 Å². The predicted octanol–water partition coefficient (Wildman–Crippen LogP) is 2.46. The average Bonchev–Trinajstić information content (AvgIpc) is 2.86. The fraction of sp³-hybridized carbons (Fsp3) is 0.647. The first-order valence-electron chi connectivity index (χ1n) is 8.41. The zero-order chi connectivity index (χ0) is 18.2. The maximum absolute atomic E-state index is 13.3. The standard InChI is InChI=1S/C17H24ClFN2O3S/c1-20-10-13(11-24-2)17(12-20)5-7-21(8-6-17)25(22,23)14-3-4-16(19)15(18)9-14/h3-4,9,13H,5-8,10-12H2,1-2H3. The third kappa shape index (κ3) is 3.57. The van der Waals surface area contributed by atoms with Gasteiger partial charge in [-0.2, -0.15) is 4.31 Å². The van der Waals surface area contributed by atoms with Gasteiger partial charge in [0, 0.05) is 39.2 Å². The first kappa shape index (κ1) is 19.0. The number of halogens is 2. The van der Waals surface area contributed by atoms with Gasteiger partial charge in [-0.05, 0) is 43.5 Å². The minimum atomic E-state index is -3.65. The Morgan fingerprint density at radius 1 is 1.36 bits per heavy atom. The predicted molar refractivity (Wildman–Crippen MR) is 94.7 cm³/mol. The van der Waals surface area contributed by atoms with Gasteiger partial charge in [-0.3, -0.25) is 0 Å². The Bertz CT molecular complexity index is 735. The maximum atomic E-state index is 13.3. The molecular weight excluding hydrogens is 367 g/mol. The summed E-state index contributed by atoms with van der Waals surface area (Å²) in [5.41, 5.74) is 0.108. The number of sulfonamides is 1. The Morgan fingerprint density at radius 2 is 2.04 bits per heavy atom. The Hall–Kier alpha value is -0.730. The number of likely N-dealkylation sites (tertiary alicyclic amines) is 1. The van der Waals surface area contributed by atoms with Gasteiger partial charge in [0.2, 0.25) is 10.0 Å². The van der Waals surface area contributed by atoms with Crippen LogP contribution in [0.1, 0.15) is 12.8 Å². The molecule has 2 fully saturated rings. The van der Waals surface area contributed by atoms with Crippen LogP contribution in [0.15, 0.2) is 23.1 Å². The lowest BCUT2D eigenvalue weighted by Crippen LogP contribution is -2.47. The SMILES string of the molecule is COCC1CN(C)CC12CCN(S(=O)(=O)c1ccc(F)c(Cl)c1)CC2. The Morgan fingerprint density at radius 3 is 2.64 bits per heavy atom. The van der Waals surface area contributed by atoms with E-state index in [0.717, 1.165) is 32.0 Å². The summed E-state index contributed by atoms with van der Waals surface area (Å²) in [6.45, 7) is 3.58. The number of nitrogens with zero attached hydrogens (tertiary/aromatic N) is 2. The van der Waals surface area contributed by atoms with Crippen molar-refractivity contribution < 1.29 is 17.5 Å². The lowest BCUT2D eigenvalue weighted by atomic mass is 9.71. The molecule has 0 amide bonds. The van der Waals surface area contributed by atoms with Crippen molar-refractivity contribution in [1.29, 1.82) is 0 Å². The fourth-order valence-corrected chi connectivity index (χ4v) is 5.97. The number of hydrogen-bond acceptors (Lipinski definition) is 4. The molecule has 1 unspecified atom stereocenters. The number of methoxy groups -OCH3 is 1. The van der Waals surface area contributed by atoms with Crippen LogP contribution in [0, 0.1) is 17.2 Å². The zero-order valence-electron chi connectivity index (χ0n) is 14.5. The highest BCUT2D eigenvalue weighted by atomic mass is 35.5. The molecule has 0 radical (unpaired) electrons. The molecule has 0 aliphatic carbocycles. The quantitative estimate of drug-likeness (QED) is 0.792. The van der Waals surface area contributed by atoms with Crippen LogP contribution in [0.25, 0.3) is 0 Å². The first-order valence-corrected chi connectivity index (χ1v) is 10.2. The highest BCUT2D eigenvalue weighted by Crippen LogP contribution is 2.45. The molecule has 2 saturated heterocycles. The summed E-state index contributed by atoms with van der Waals surface area (Å²) in [7, 11) is 0.157. The number of ether oxygens (including phenoxy) is 1. The van der Waals surface area contributed by atoms with Crippen LogP contribution in [-0.2, 0) is 14.8 Å². The van der Waals surface area contributed by atoms with Crippen molar-refractivity contribution in [2.24, 2.45) is 11.3 Å². The van der Waals surface area contributed by atoms with Gasteiger partial charge in [0.05, 0.1) is 16.5 Å². The molecule has 140 valence electrons. The van der Waals surface area contributed by atoms with Crippen LogP contribution in [0.4, 0.5) is 4.39 Å². The molecule has 2 aliphatic rings. The van der Waals surface area contributed by atoms with Crippen molar-refractivity contribution in [2.75, 3.05) is 46.9 Å². The van der Waals surface area contributed by atoms with Gasteiger partial charge in [-0.15, -0.1) is 0 Å². The molecule has 5 nitrogen and oxygen atoms in total. The molecule has 0 N–H and O–H groups in total. The lowest BCUT2D eigenvalue weighted by Gasteiger charge is -2.42. The van der Waals surface area contributed by atoms with Crippen LogP contribution in [-0.4, -0.2) is 64.6 Å². The van der Waals surface area contributed by atoms with E-state index >= 15 is 0 Å². The molecule has 0 bridgehead atoms. The monoisotopic (exact) mass is 390 g/mol. The van der Waals surface area contributed by atoms with Crippen molar-refractivity contribution in [3.05, 3.63) is 29.0 Å². The van der Waals surface area contributed by atoms with E-state index in [-0.39, 0.29) is 15.3 Å². The summed E-state index contributed by atoms with van der Waals surface area (Å²) in [4.78, 5) is 2.35. The third-order valence-electron chi connectivity index (χ3n) is 5.60. The summed E-state index contributed by atoms with van der Waals surface area (Å²) in [6.07, 6.45) is 1.61. The first-order chi connectivity index (χ1) is 11.8. The van der Waals surface area contributed by atoms with Gasteiger partial charge in [0.25, 0.3) is 0 Å². The van der Waals surface area contributed by atoms with Gasteiger partial charge in [0.1, 0.15) is 5.82 Å². The third-order valence-corrected chi connectivity index (χ3v) is 7.78. The zero-order valence-corrected chi connectivity index (χ0v) is 16.1. The topological polar surface area (TPSA) is 49.9 Å². The van der Waals surface area contributed by atoms with E-state index in [1.54, 1.807) is 7.11 Å². The largest absolute Gasteiger partial charge is 0.384 e. The second kappa shape index (κ2) is 7.12. The van der Waals surface area contributed by atoms with E-state index in [1.165, 1.54) is 16.4 Å². The number of hydrogen-bond donors (Lipinski definition) is 0. The fourth-order valence-electron chi connectivity index (χ4n) is 4.26. The molecule has 1 spiro atoms. The molecule has 1 atom stereocenters. The van der Waals surface area contributed by atoms with Crippen molar-refractivity contribution in [3.63, 3.8) is 0 Å². The van der Waals surface area contributed by atoms with Gasteiger partial charge in [0.15, 0.2) is 0 Å². The lowest BCUT2D eigenvalue weighted by molar-refractivity contribution is 0.0569. The Labute approximate surface area is 153 Å².